The Morgan fingerprint density at radius 1 is 1.05 bits per heavy atom. The van der Waals surface area contributed by atoms with Gasteiger partial charge in [-0.05, 0) is 35.5 Å². The normalized spacial score (nSPS) is 14.8. The third-order valence-corrected chi connectivity index (χ3v) is 6.57. The van der Waals surface area contributed by atoms with E-state index in [4.69, 9.17) is 4.42 Å². The zero-order valence-electron chi connectivity index (χ0n) is 21.8. The number of nitrogens with one attached hydrogen (secondary N) is 1. The zero-order valence-corrected chi connectivity index (χ0v) is 21.8. The number of anilines is 1. The molecule has 202 valence electrons. The van der Waals surface area contributed by atoms with E-state index in [1.807, 2.05) is 0 Å². The molecule has 1 fully saturated rings. The minimum Gasteiger partial charge on any atom is -0.436 e. The Labute approximate surface area is 228 Å². The molecule has 0 aliphatic carbocycles. The van der Waals surface area contributed by atoms with Gasteiger partial charge in [-0.3, -0.25) is 19.5 Å². The van der Waals surface area contributed by atoms with Crippen LogP contribution in [0.5, 0.6) is 0 Å². The SMILES string of the molecule is CC(=O)Nc1ccc2oc(-c3ccnc(C(=O)N4CCN(C(c5cncnc5)c5nnn(C)n5)CC4)c3)nc2c1. The molecule has 40 heavy (non-hydrogen) atoms. The largest absolute Gasteiger partial charge is 0.436 e. The van der Waals surface area contributed by atoms with Crippen LogP contribution < -0.4 is 5.32 Å². The van der Waals surface area contributed by atoms with Crippen LogP contribution in [0.1, 0.15) is 34.8 Å². The first-order valence-electron chi connectivity index (χ1n) is 12.6. The van der Waals surface area contributed by atoms with Crippen LogP contribution in [-0.4, -0.2) is 87.9 Å². The molecule has 1 aliphatic rings. The highest BCUT2D eigenvalue weighted by Crippen LogP contribution is 2.28. The zero-order chi connectivity index (χ0) is 27.6. The van der Waals surface area contributed by atoms with E-state index in [1.165, 1.54) is 18.0 Å². The molecule has 0 spiro atoms. The van der Waals surface area contributed by atoms with Gasteiger partial charge in [-0.25, -0.2) is 15.0 Å². The van der Waals surface area contributed by atoms with Crippen LogP contribution in [0.4, 0.5) is 5.69 Å². The van der Waals surface area contributed by atoms with Crippen molar-refractivity contribution < 1.29 is 14.0 Å². The number of hydrogen-bond acceptors (Lipinski definition) is 11. The van der Waals surface area contributed by atoms with Gasteiger partial charge in [0.1, 0.15) is 23.6 Å². The maximum atomic E-state index is 13.4. The Bertz CT molecular complexity index is 1680. The summed E-state index contributed by atoms with van der Waals surface area (Å²) in [5.74, 6) is 0.564. The van der Waals surface area contributed by atoms with E-state index in [-0.39, 0.29) is 17.9 Å². The molecule has 5 heterocycles. The van der Waals surface area contributed by atoms with Gasteiger partial charge in [0.2, 0.25) is 11.8 Å². The number of carbonyl (C=O) groups excluding carboxylic acids is 2. The van der Waals surface area contributed by atoms with Crippen molar-refractivity contribution in [3.05, 3.63) is 72.3 Å². The first-order chi connectivity index (χ1) is 19.4. The molecule has 1 saturated heterocycles. The topological polar surface area (TPSA) is 161 Å². The maximum Gasteiger partial charge on any atom is 0.272 e. The minimum absolute atomic E-state index is 0.170. The van der Waals surface area contributed by atoms with Crippen molar-refractivity contribution in [3.63, 3.8) is 0 Å². The van der Waals surface area contributed by atoms with Crippen molar-refractivity contribution in [2.75, 3.05) is 31.5 Å². The lowest BCUT2D eigenvalue weighted by Gasteiger charge is -2.38. The summed E-state index contributed by atoms with van der Waals surface area (Å²) < 4.78 is 5.91. The number of carbonyl (C=O) groups is 2. The minimum atomic E-state index is -0.279. The number of nitrogens with zero attached hydrogens (tertiary/aromatic N) is 10. The number of benzene rings is 1. The number of oxazole rings is 1. The number of aryl methyl sites for hydroxylation is 1. The van der Waals surface area contributed by atoms with Gasteiger partial charge in [-0.15, -0.1) is 10.2 Å². The predicted molar refractivity (Wildman–Crippen MR) is 142 cm³/mol. The fourth-order valence-corrected chi connectivity index (χ4v) is 4.74. The fourth-order valence-electron chi connectivity index (χ4n) is 4.74. The highest BCUT2D eigenvalue weighted by atomic mass is 16.3. The van der Waals surface area contributed by atoms with Crippen LogP contribution in [0.3, 0.4) is 0 Å². The Morgan fingerprint density at radius 3 is 2.58 bits per heavy atom. The molecule has 0 bridgehead atoms. The molecular weight excluding hydrogens is 514 g/mol. The average Bonchev–Trinajstić information content (AvgIpc) is 3.59. The summed E-state index contributed by atoms with van der Waals surface area (Å²) in [6, 6.07) is 8.38. The van der Waals surface area contributed by atoms with E-state index < -0.39 is 0 Å². The van der Waals surface area contributed by atoms with Gasteiger partial charge in [-0.1, -0.05) is 0 Å². The molecule has 0 saturated carbocycles. The molecule has 2 amide bonds. The van der Waals surface area contributed by atoms with Gasteiger partial charge in [-0.2, -0.15) is 4.80 Å². The highest BCUT2D eigenvalue weighted by Gasteiger charge is 2.32. The number of hydrogen-bond donors (Lipinski definition) is 1. The summed E-state index contributed by atoms with van der Waals surface area (Å²) in [4.78, 5) is 47.4. The van der Waals surface area contributed by atoms with E-state index in [2.05, 4.69) is 45.6 Å². The summed E-state index contributed by atoms with van der Waals surface area (Å²) in [5.41, 5.74) is 3.58. The third kappa shape index (κ3) is 5.11. The van der Waals surface area contributed by atoms with Crippen molar-refractivity contribution in [3.8, 4) is 11.5 Å². The lowest BCUT2D eigenvalue weighted by Crippen LogP contribution is -2.50. The second kappa shape index (κ2) is 10.6. The predicted octanol–water partition coefficient (Wildman–Crippen LogP) is 1.71. The Kier molecular flexibility index (Phi) is 6.66. The molecule has 1 atom stereocenters. The van der Waals surface area contributed by atoms with Crippen molar-refractivity contribution >= 4 is 28.6 Å². The highest BCUT2D eigenvalue weighted by molar-refractivity contribution is 5.94. The van der Waals surface area contributed by atoms with Gasteiger partial charge in [0.15, 0.2) is 11.4 Å². The molecule has 14 nitrogen and oxygen atoms in total. The molecule has 0 radical (unpaired) electrons. The molecule has 1 aliphatic heterocycles. The Morgan fingerprint density at radius 2 is 1.85 bits per heavy atom. The Balaban J connectivity index is 1.18. The molecule has 4 aromatic heterocycles. The number of amides is 2. The van der Waals surface area contributed by atoms with Gasteiger partial charge >= 0.3 is 0 Å². The van der Waals surface area contributed by atoms with Crippen molar-refractivity contribution in [1.29, 1.82) is 0 Å². The molecule has 6 rings (SSSR count). The standard InChI is InChI=1S/C26H25N11O3/c1-16(38)30-19-3-4-22-20(12-19)31-25(40-22)17-5-6-29-21(11-17)26(39)37-9-7-36(8-10-37)23(18-13-27-15-28-14-18)24-32-34-35(2)33-24/h3-6,11-15,23H,7-10H2,1-2H3,(H,30,38). The fraction of sp³-hybridized carbons (Fsp3) is 0.269. The van der Waals surface area contributed by atoms with Gasteiger partial charge < -0.3 is 14.6 Å². The van der Waals surface area contributed by atoms with Gasteiger partial charge in [0, 0.05) is 68.5 Å². The first-order valence-corrected chi connectivity index (χ1v) is 12.6. The van der Waals surface area contributed by atoms with Crippen LogP contribution >= 0.6 is 0 Å². The van der Waals surface area contributed by atoms with Crippen molar-refractivity contribution in [2.45, 2.75) is 13.0 Å². The summed E-state index contributed by atoms with van der Waals surface area (Å²) in [6.07, 6.45) is 6.54. The number of piperazine rings is 1. The summed E-state index contributed by atoms with van der Waals surface area (Å²) in [7, 11) is 1.72. The number of rotatable bonds is 6. The molecule has 1 N–H and O–H groups in total. The Hall–Kier alpha value is -5.11. The van der Waals surface area contributed by atoms with Crippen molar-refractivity contribution in [2.24, 2.45) is 7.05 Å². The monoisotopic (exact) mass is 539 g/mol. The molecule has 5 aromatic rings. The maximum absolute atomic E-state index is 13.4. The van der Waals surface area contributed by atoms with E-state index in [9.17, 15) is 9.59 Å². The van der Waals surface area contributed by atoms with Crippen LogP contribution in [0.25, 0.3) is 22.6 Å². The van der Waals surface area contributed by atoms with E-state index in [0.717, 1.165) is 5.56 Å². The molecular formula is C26H25N11O3. The second-order valence-corrected chi connectivity index (χ2v) is 9.35. The first kappa shape index (κ1) is 25.2. The molecule has 1 unspecified atom stereocenters. The van der Waals surface area contributed by atoms with Crippen LogP contribution in [-0.2, 0) is 11.8 Å². The third-order valence-electron chi connectivity index (χ3n) is 6.57. The lowest BCUT2D eigenvalue weighted by atomic mass is 10.1. The smallest absolute Gasteiger partial charge is 0.272 e. The summed E-state index contributed by atoms with van der Waals surface area (Å²) in [5, 5.41) is 15.4. The van der Waals surface area contributed by atoms with Crippen LogP contribution in [0.15, 0.2) is 59.7 Å². The lowest BCUT2D eigenvalue weighted by molar-refractivity contribution is -0.114. The second-order valence-electron chi connectivity index (χ2n) is 9.35. The summed E-state index contributed by atoms with van der Waals surface area (Å²) in [6.45, 7) is 3.60. The quantitative estimate of drug-likeness (QED) is 0.334. The van der Waals surface area contributed by atoms with E-state index >= 15 is 0 Å². The molecule has 1 aromatic carbocycles. The average molecular weight is 540 g/mol. The number of aromatic nitrogens is 8. The van der Waals surface area contributed by atoms with Gasteiger partial charge in [0.05, 0.1) is 7.05 Å². The van der Waals surface area contributed by atoms with Crippen LogP contribution in [0.2, 0.25) is 0 Å². The van der Waals surface area contributed by atoms with Crippen molar-refractivity contribution in [1.82, 2.24) is 49.9 Å². The number of pyridine rings is 1. The van der Waals surface area contributed by atoms with E-state index in [0.29, 0.717) is 65.9 Å². The number of fused-ring (bicyclic) bond motifs is 1. The summed E-state index contributed by atoms with van der Waals surface area (Å²) >= 11 is 0. The molecule has 14 heteroatoms. The van der Waals surface area contributed by atoms with E-state index in [1.54, 1.807) is 60.9 Å². The van der Waals surface area contributed by atoms with Gasteiger partial charge in [0.25, 0.3) is 5.91 Å². The van der Waals surface area contributed by atoms with Crippen LogP contribution in [0, 0.1) is 0 Å². The number of tetrazole rings is 1.